The van der Waals surface area contributed by atoms with Gasteiger partial charge in [-0.25, -0.2) is 18.5 Å². The topological polar surface area (TPSA) is 118 Å². The van der Waals surface area contributed by atoms with Crippen LogP contribution in [0.15, 0.2) is 71.8 Å². The predicted octanol–water partition coefficient (Wildman–Crippen LogP) is 4.26. The minimum absolute atomic E-state index is 0.00238. The molecule has 2 aromatic carbocycles. The fourth-order valence-electron chi connectivity index (χ4n) is 4.74. The van der Waals surface area contributed by atoms with Crippen molar-refractivity contribution in [2.24, 2.45) is 0 Å². The van der Waals surface area contributed by atoms with Crippen LogP contribution in [0, 0.1) is 0 Å². The summed E-state index contributed by atoms with van der Waals surface area (Å²) in [5.74, 6) is 0.0929. The molecule has 14 heteroatoms. The zero-order valence-corrected chi connectivity index (χ0v) is 25.2. The van der Waals surface area contributed by atoms with Gasteiger partial charge in [0.1, 0.15) is 17.7 Å². The van der Waals surface area contributed by atoms with E-state index in [1.807, 2.05) is 4.90 Å². The number of benzene rings is 2. The molecule has 236 valence electrons. The highest BCUT2D eigenvalue weighted by Gasteiger charge is 2.37. The number of sulfone groups is 1. The molecule has 1 fully saturated rings. The minimum atomic E-state index is -4.46. The van der Waals surface area contributed by atoms with Crippen molar-refractivity contribution in [3.63, 3.8) is 0 Å². The van der Waals surface area contributed by atoms with Crippen LogP contribution in [0.2, 0.25) is 0 Å². The Balaban J connectivity index is 1.43. The molecule has 2 atom stereocenters. The summed E-state index contributed by atoms with van der Waals surface area (Å²) in [6.45, 7) is 2.05. The number of hydrogen-bond acceptors (Lipinski definition) is 8. The fraction of sp³-hybridized carbons (Fsp3) is 0.367. The van der Waals surface area contributed by atoms with Crippen molar-refractivity contribution in [1.82, 2.24) is 15.4 Å². The normalized spacial score (nSPS) is 16.9. The number of hydrogen-bond donors (Lipinski definition) is 1. The first kappa shape index (κ1) is 32.7. The van der Waals surface area contributed by atoms with E-state index < -0.39 is 27.7 Å². The molecule has 0 saturated carbocycles. The Morgan fingerprint density at radius 2 is 1.75 bits per heavy atom. The number of anilines is 1. The molecule has 3 aromatic rings. The number of halogens is 3. The Labute approximate surface area is 253 Å². The molecule has 0 aliphatic carbocycles. The van der Waals surface area contributed by atoms with E-state index >= 15 is 0 Å². The lowest BCUT2D eigenvalue weighted by atomic mass is 10.1. The lowest BCUT2D eigenvalue weighted by Crippen LogP contribution is -2.36. The average molecular weight is 635 g/mol. The third-order valence-electron chi connectivity index (χ3n) is 7.32. The first-order valence-corrected chi connectivity index (χ1v) is 15.4. The maximum absolute atomic E-state index is 12.9. The lowest BCUT2D eigenvalue weighted by Gasteiger charge is -2.26. The van der Waals surface area contributed by atoms with Gasteiger partial charge in [0.2, 0.25) is 5.91 Å². The first-order chi connectivity index (χ1) is 20.8. The van der Waals surface area contributed by atoms with Gasteiger partial charge in [0.25, 0.3) is 5.91 Å². The van der Waals surface area contributed by atoms with Crippen molar-refractivity contribution in [1.29, 1.82) is 0 Å². The zero-order valence-electron chi connectivity index (χ0n) is 24.4. The van der Waals surface area contributed by atoms with E-state index in [0.717, 1.165) is 22.8 Å². The Bertz CT molecular complexity index is 1550. The van der Waals surface area contributed by atoms with Crippen molar-refractivity contribution >= 4 is 27.5 Å². The lowest BCUT2D eigenvalue weighted by molar-refractivity contribution is -0.169. The number of ether oxygens (including phenoxy) is 1. The second kappa shape index (κ2) is 13.6. The minimum Gasteiger partial charge on any atom is -0.489 e. The fourth-order valence-corrected chi connectivity index (χ4v) is 5.62. The van der Waals surface area contributed by atoms with Crippen molar-refractivity contribution in [3.8, 4) is 5.75 Å². The Hall–Kier alpha value is -4.17. The van der Waals surface area contributed by atoms with Crippen LogP contribution in [0.3, 0.4) is 0 Å². The van der Waals surface area contributed by atoms with Crippen LogP contribution >= 0.6 is 0 Å². The number of carbonyl (C=O) groups is 2. The van der Waals surface area contributed by atoms with Gasteiger partial charge >= 0.3 is 6.18 Å². The van der Waals surface area contributed by atoms with Gasteiger partial charge in [-0.15, -0.1) is 0 Å². The van der Waals surface area contributed by atoms with Gasteiger partial charge in [0.05, 0.1) is 35.4 Å². The Kier molecular flexibility index (Phi) is 10.1. The van der Waals surface area contributed by atoms with E-state index in [1.54, 1.807) is 31.2 Å². The summed E-state index contributed by atoms with van der Waals surface area (Å²) in [6.07, 6.45) is -3.03. The monoisotopic (exact) mass is 634 g/mol. The van der Waals surface area contributed by atoms with Crippen molar-refractivity contribution in [2.45, 2.75) is 49.5 Å². The maximum Gasteiger partial charge on any atom is 0.416 e. The second-order valence-electron chi connectivity index (χ2n) is 10.2. The van der Waals surface area contributed by atoms with E-state index in [0.29, 0.717) is 24.3 Å². The van der Waals surface area contributed by atoms with Gasteiger partial charge in [-0.05, 0) is 54.1 Å². The summed E-state index contributed by atoms with van der Waals surface area (Å²) in [4.78, 5) is 36.9. The summed E-state index contributed by atoms with van der Waals surface area (Å²) in [5.41, 5.74) is 0.239. The number of hydroxylamine groups is 2. The molecule has 2 amide bonds. The van der Waals surface area contributed by atoms with E-state index in [2.05, 4.69) is 10.3 Å². The molecule has 1 aliphatic heterocycles. The molecule has 4 rings (SSSR count). The van der Waals surface area contributed by atoms with Crippen LogP contribution in [0.5, 0.6) is 5.75 Å². The van der Waals surface area contributed by atoms with Gasteiger partial charge in [0, 0.05) is 38.7 Å². The summed E-state index contributed by atoms with van der Waals surface area (Å²) < 4.78 is 68.8. The van der Waals surface area contributed by atoms with Crippen LogP contribution in [0.25, 0.3) is 0 Å². The SMILES string of the molecule is CCS(=O)(=O)c1ccc(CNC(=O)c2ccc(N3CC(Oc4ccc(C(F)(F)F)cc4)C[C@H]3CC(=O)N(C)OC)nc2)cc1. The number of carbonyl (C=O) groups excluding carboxylic acids is 2. The van der Waals surface area contributed by atoms with Crippen LogP contribution in [-0.4, -0.2) is 68.9 Å². The number of pyridine rings is 1. The summed E-state index contributed by atoms with van der Waals surface area (Å²) >= 11 is 0. The molecule has 1 aromatic heterocycles. The Morgan fingerprint density at radius 1 is 1.07 bits per heavy atom. The highest BCUT2D eigenvalue weighted by atomic mass is 32.2. The third-order valence-corrected chi connectivity index (χ3v) is 9.07. The molecule has 1 unspecified atom stereocenters. The quantitative estimate of drug-likeness (QED) is 0.311. The summed E-state index contributed by atoms with van der Waals surface area (Å²) in [5, 5.41) is 3.89. The molecule has 44 heavy (non-hydrogen) atoms. The highest BCUT2D eigenvalue weighted by molar-refractivity contribution is 7.91. The number of nitrogens with one attached hydrogen (secondary N) is 1. The molecule has 1 N–H and O–H groups in total. The number of rotatable bonds is 11. The number of nitrogens with zero attached hydrogens (tertiary/aromatic N) is 3. The van der Waals surface area contributed by atoms with Crippen LogP contribution in [-0.2, 0) is 32.2 Å². The van der Waals surface area contributed by atoms with Crippen LogP contribution < -0.4 is 15.0 Å². The van der Waals surface area contributed by atoms with E-state index in [9.17, 15) is 31.2 Å². The second-order valence-corrected chi connectivity index (χ2v) is 12.5. The molecule has 0 bridgehead atoms. The largest absolute Gasteiger partial charge is 0.489 e. The molecule has 1 aliphatic rings. The maximum atomic E-state index is 12.9. The van der Waals surface area contributed by atoms with Gasteiger partial charge in [-0.2, -0.15) is 13.2 Å². The van der Waals surface area contributed by atoms with E-state index in [4.69, 9.17) is 9.57 Å². The number of aromatic nitrogens is 1. The number of alkyl halides is 3. The van der Waals surface area contributed by atoms with Crippen molar-refractivity contribution < 1.29 is 40.8 Å². The summed E-state index contributed by atoms with van der Waals surface area (Å²) in [7, 11) is -0.451. The third kappa shape index (κ3) is 8.05. The van der Waals surface area contributed by atoms with Gasteiger partial charge in [0.15, 0.2) is 9.84 Å². The number of amides is 2. The zero-order chi connectivity index (χ0) is 32.1. The molecular weight excluding hydrogens is 601 g/mol. The molecule has 0 spiro atoms. The van der Waals surface area contributed by atoms with Crippen molar-refractivity contribution in [2.75, 3.05) is 31.4 Å². The van der Waals surface area contributed by atoms with Crippen LogP contribution in [0.1, 0.15) is 41.3 Å². The van der Waals surface area contributed by atoms with E-state index in [-0.39, 0.29) is 47.2 Å². The van der Waals surface area contributed by atoms with Gasteiger partial charge in [-0.1, -0.05) is 19.1 Å². The highest BCUT2D eigenvalue weighted by Crippen LogP contribution is 2.32. The predicted molar refractivity (Wildman–Crippen MR) is 156 cm³/mol. The molecule has 10 nitrogen and oxygen atoms in total. The van der Waals surface area contributed by atoms with Gasteiger partial charge in [-0.3, -0.25) is 14.4 Å². The van der Waals surface area contributed by atoms with Crippen molar-refractivity contribution in [3.05, 3.63) is 83.6 Å². The molecular formula is C30H33F3N4O6S. The van der Waals surface area contributed by atoms with Gasteiger partial charge < -0.3 is 15.0 Å². The summed E-state index contributed by atoms with van der Waals surface area (Å²) in [6, 6.07) is 13.6. The Morgan fingerprint density at radius 3 is 2.32 bits per heavy atom. The van der Waals surface area contributed by atoms with E-state index in [1.165, 1.54) is 44.6 Å². The average Bonchev–Trinajstić information content (AvgIpc) is 3.41. The van der Waals surface area contributed by atoms with Crippen LogP contribution in [0.4, 0.5) is 19.0 Å². The standard InChI is InChI=1S/C30H33F3N4O6S/c1-4-44(40,41)26-12-5-20(6-13-26)17-35-29(39)21-7-14-27(34-18-21)37-19-25(15-23(37)16-28(38)36(2)42-3)43-24-10-8-22(9-11-24)30(31,32)33/h5-14,18,23,25H,4,15-17,19H2,1-3H3,(H,35,39)/t23-,25?/m0/s1. The molecule has 1 saturated heterocycles. The molecule has 2 heterocycles. The first-order valence-electron chi connectivity index (χ1n) is 13.8. The smallest absolute Gasteiger partial charge is 0.416 e. The molecule has 0 radical (unpaired) electrons.